The Labute approximate surface area is 227 Å². The van der Waals surface area contributed by atoms with Crippen LogP contribution in [0.3, 0.4) is 0 Å². The van der Waals surface area contributed by atoms with E-state index in [4.69, 9.17) is 14.2 Å². The molecule has 1 unspecified atom stereocenters. The summed E-state index contributed by atoms with van der Waals surface area (Å²) in [6.45, 7) is 8.43. The minimum Gasteiger partial charge on any atom is -0.497 e. The Morgan fingerprint density at radius 2 is 1.45 bits per heavy atom. The molecule has 0 saturated heterocycles. The van der Waals surface area contributed by atoms with Crippen molar-refractivity contribution < 1.29 is 14.2 Å². The van der Waals surface area contributed by atoms with Crippen LogP contribution >= 0.6 is 0 Å². The zero-order chi connectivity index (χ0) is 27.4. The van der Waals surface area contributed by atoms with Gasteiger partial charge in [0.05, 0.1) is 14.2 Å². The van der Waals surface area contributed by atoms with Crippen LogP contribution in [0.25, 0.3) is 16.8 Å². The van der Waals surface area contributed by atoms with E-state index in [1.165, 1.54) is 5.56 Å². The summed E-state index contributed by atoms with van der Waals surface area (Å²) in [4.78, 5) is 2.10. The zero-order valence-electron chi connectivity index (χ0n) is 23.8. The summed E-state index contributed by atoms with van der Waals surface area (Å²) in [5.74, 6) is 2.66. The second-order valence-electron chi connectivity index (χ2n) is 9.77. The van der Waals surface area contributed by atoms with Crippen molar-refractivity contribution in [2.75, 3.05) is 33.2 Å². The van der Waals surface area contributed by atoms with Gasteiger partial charge in [-0.15, -0.1) is 0 Å². The summed E-state index contributed by atoms with van der Waals surface area (Å²) in [7, 11) is 7.48. The number of hydrogen-bond acceptors (Lipinski definition) is 4. The molecule has 38 heavy (non-hydrogen) atoms. The van der Waals surface area contributed by atoms with Gasteiger partial charge < -0.3 is 19.1 Å². The predicted molar refractivity (Wildman–Crippen MR) is 160 cm³/mol. The van der Waals surface area contributed by atoms with Crippen LogP contribution in [-0.2, 0) is 5.60 Å². The van der Waals surface area contributed by atoms with Crippen LogP contribution in [0.15, 0.2) is 78.9 Å². The molecule has 5 rings (SSSR count). The number of hydrogen-bond donors (Lipinski definition) is 0. The number of ether oxygens (including phenoxy) is 3. The third kappa shape index (κ3) is 4.71. The first-order valence-corrected chi connectivity index (χ1v) is 13.3. The third-order valence-corrected chi connectivity index (χ3v) is 7.06. The van der Waals surface area contributed by atoms with Gasteiger partial charge in [0.1, 0.15) is 17.2 Å². The number of nitrogens with zero attached hydrogens (tertiary/aromatic N) is 1. The molecule has 1 aliphatic rings. The normalized spacial score (nSPS) is 15.8. The number of fused-ring (bicyclic) bond motifs is 3. The monoisotopic (exact) mass is 509 g/mol. The molecule has 0 saturated carbocycles. The molecular formula is C34H39NO3. The fourth-order valence-electron chi connectivity index (χ4n) is 5.06. The molecule has 1 heterocycles. The van der Waals surface area contributed by atoms with Crippen LogP contribution in [-0.4, -0.2) is 28.3 Å². The minimum atomic E-state index is -0.780. The van der Waals surface area contributed by atoms with Crippen LogP contribution in [0, 0.1) is 0 Å². The largest absolute Gasteiger partial charge is 0.497 e. The summed E-state index contributed by atoms with van der Waals surface area (Å²) < 4.78 is 18.6. The molecule has 0 amide bonds. The van der Waals surface area contributed by atoms with E-state index < -0.39 is 5.60 Å². The predicted octanol–water partition coefficient (Wildman–Crippen LogP) is 8.42. The summed E-state index contributed by atoms with van der Waals surface area (Å²) >= 11 is 0. The van der Waals surface area contributed by atoms with Gasteiger partial charge in [0.15, 0.2) is 5.60 Å². The van der Waals surface area contributed by atoms with Crippen LogP contribution in [0.2, 0.25) is 0 Å². The van der Waals surface area contributed by atoms with E-state index in [0.29, 0.717) is 5.92 Å². The van der Waals surface area contributed by atoms with E-state index in [0.717, 1.165) is 50.4 Å². The maximum Gasteiger partial charge on any atom is 0.178 e. The number of rotatable bonds is 6. The Hall–Kier alpha value is -3.92. The number of anilines is 1. The first-order valence-electron chi connectivity index (χ1n) is 13.3. The second kappa shape index (κ2) is 11.2. The van der Waals surface area contributed by atoms with Gasteiger partial charge in [-0.25, -0.2) is 0 Å². The fourth-order valence-corrected chi connectivity index (χ4v) is 5.06. The molecule has 0 bridgehead atoms. The molecule has 4 heteroatoms. The van der Waals surface area contributed by atoms with Crippen molar-refractivity contribution in [2.24, 2.45) is 0 Å². The van der Waals surface area contributed by atoms with E-state index in [1.807, 2.05) is 32.0 Å². The highest BCUT2D eigenvalue weighted by Gasteiger charge is 2.38. The van der Waals surface area contributed by atoms with Crippen LogP contribution in [0.5, 0.6) is 17.2 Å². The minimum absolute atomic E-state index is 0.312. The standard InChI is InChI=1S/C32H33NO3.C2H6/c1-21(2)27-20-28-29(18-25(34-5)19-30(28)35-6)31-26(27)16-17-32(36-31,22-10-8-7-9-11-22)23-12-14-24(15-13-23)33(3)4;1-2/h7-21H,1-6H3;1-2H3. The molecule has 0 aliphatic carbocycles. The topological polar surface area (TPSA) is 30.9 Å². The van der Waals surface area contributed by atoms with Gasteiger partial charge in [-0.05, 0) is 41.8 Å². The molecule has 4 aromatic carbocycles. The highest BCUT2D eigenvalue weighted by molar-refractivity contribution is 5.99. The molecule has 1 aliphatic heterocycles. The lowest BCUT2D eigenvalue weighted by molar-refractivity contribution is 0.163. The summed E-state index contributed by atoms with van der Waals surface area (Å²) in [5.41, 5.74) is 4.83. The smallest absolute Gasteiger partial charge is 0.178 e. The van der Waals surface area contributed by atoms with Gasteiger partial charge in [0, 0.05) is 53.3 Å². The lowest BCUT2D eigenvalue weighted by atomic mass is 9.81. The Bertz CT molecular complexity index is 1420. The molecule has 198 valence electrons. The van der Waals surface area contributed by atoms with E-state index in [1.54, 1.807) is 14.2 Å². The number of methoxy groups -OCH3 is 2. The van der Waals surface area contributed by atoms with Crippen molar-refractivity contribution in [2.45, 2.75) is 39.2 Å². The van der Waals surface area contributed by atoms with Gasteiger partial charge in [-0.1, -0.05) is 76.2 Å². The lowest BCUT2D eigenvalue weighted by Gasteiger charge is -2.38. The van der Waals surface area contributed by atoms with Crippen molar-refractivity contribution in [3.63, 3.8) is 0 Å². The average molecular weight is 510 g/mol. The molecule has 0 radical (unpaired) electrons. The summed E-state index contributed by atoms with van der Waals surface area (Å²) in [6.07, 6.45) is 4.43. The third-order valence-electron chi connectivity index (χ3n) is 7.06. The lowest BCUT2D eigenvalue weighted by Crippen LogP contribution is -2.34. The number of benzene rings is 4. The van der Waals surface area contributed by atoms with Crippen molar-refractivity contribution >= 4 is 22.5 Å². The van der Waals surface area contributed by atoms with Crippen LogP contribution in [0.4, 0.5) is 5.69 Å². The van der Waals surface area contributed by atoms with Crippen molar-refractivity contribution in [1.82, 2.24) is 0 Å². The maximum atomic E-state index is 7.18. The Morgan fingerprint density at radius 1 is 0.789 bits per heavy atom. The van der Waals surface area contributed by atoms with Crippen LogP contribution < -0.4 is 19.1 Å². The molecular weight excluding hydrogens is 470 g/mol. The Kier molecular flexibility index (Phi) is 8.01. The molecule has 0 aromatic heterocycles. The molecule has 4 nitrogen and oxygen atoms in total. The zero-order valence-corrected chi connectivity index (χ0v) is 23.8. The molecule has 0 N–H and O–H groups in total. The van der Waals surface area contributed by atoms with Crippen molar-refractivity contribution in [3.8, 4) is 17.2 Å². The highest BCUT2D eigenvalue weighted by atomic mass is 16.5. The van der Waals surface area contributed by atoms with E-state index in [2.05, 4.69) is 99.6 Å². The van der Waals surface area contributed by atoms with E-state index >= 15 is 0 Å². The van der Waals surface area contributed by atoms with Crippen LogP contribution in [0.1, 0.15) is 55.9 Å². The van der Waals surface area contributed by atoms with Crippen molar-refractivity contribution in [1.29, 1.82) is 0 Å². The van der Waals surface area contributed by atoms with E-state index in [-0.39, 0.29) is 0 Å². The highest BCUT2D eigenvalue weighted by Crippen LogP contribution is 2.49. The van der Waals surface area contributed by atoms with Gasteiger partial charge in [0.25, 0.3) is 0 Å². The Balaban J connectivity index is 0.00000164. The molecule has 4 aromatic rings. The molecule has 0 fully saturated rings. The van der Waals surface area contributed by atoms with Crippen molar-refractivity contribution in [3.05, 3.63) is 101 Å². The average Bonchev–Trinajstić information content (AvgIpc) is 2.97. The Morgan fingerprint density at radius 3 is 2.03 bits per heavy atom. The summed E-state index contributed by atoms with van der Waals surface area (Å²) in [6, 6.07) is 25.2. The van der Waals surface area contributed by atoms with Gasteiger partial charge in [-0.2, -0.15) is 0 Å². The quantitative estimate of drug-likeness (QED) is 0.261. The SMILES string of the molecule is CC.COc1cc(OC)c2cc(C(C)C)c3c(c2c1)OC(c1ccccc1)(c1ccc(N(C)C)cc1)C=C3. The first-order chi connectivity index (χ1) is 18.4. The molecule has 1 atom stereocenters. The van der Waals surface area contributed by atoms with Gasteiger partial charge in [0.2, 0.25) is 0 Å². The summed E-state index contributed by atoms with van der Waals surface area (Å²) in [5, 5.41) is 1.99. The molecule has 0 spiro atoms. The second-order valence-corrected chi connectivity index (χ2v) is 9.77. The van der Waals surface area contributed by atoms with Gasteiger partial charge >= 0.3 is 0 Å². The van der Waals surface area contributed by atoms with Gasteiger partial charge in [-0.3, -0.25) is 0 Å². The van der Waals surface area contributed by atoms with E-state index in [9.17, 15) is 0 Å². The fraction of sp³-hybridized carbons (Fsp3) is 0.294. The maximum absolute atomic E-state index is 7.18. The first kappa shape index (κ1) is 27.1.